The van der Waals surface area contributed by atoms with E-state index in [0.29, 0.717) is 35.1 Å². The molecular weight excluding hydrogens is 404 g/mol. The Bertz CT molecular complexity index is 1150. The number of fused-ring (bicyclic) bond motifs is 1. The number of hydrogen-bond acceptors (Lipinski definition) is 6. The van der Waals surface area contributed by atoms with Crippen molar-refractivity contribution in [2.75, 3.05) is 18.5 Å². The summed E-state index contributed by atoms with van der Waals surface area (Å²) in [6, 6.07) is 7.30. The topological polar surface area (TPSA) is 89.3 Å². The zero-order valence-electron chi connectivity index (χ0n) is 17.2. The third-order valence-electron chi connectivity index (χ3n) is 5.42. The molecule has 0 spiro atoms. The maximum atomic E-state index is 12.5. The van der Waals surface area contributed by atoms with Crippen LogP contribution in [0.4, 0.5) is 5.95 Å². The van der Waals surface area contributed by atoms with Gasteiger partial charge in [0.25, 0.3) is 0 Å². The molecule has 4 rings (SSSR count). The maximum absolute atomic E-state index is 12.5. The van der Waals surface area contributed by atoms with Gasteiger partial charge in [0.1, 0.15) is 0 Å². The molecular formula is C22H25ClN4O3. The number of pyridine rings is 1. The lowest BCUT2D eigenvalue weighted by atomic mass is 10.1. The molecule has 7 nitrogen and oxygen atoms in total. The van der Waals surface area contributed by atoms with Crippen LogP contribution in [0, 0.1) is 6.92 Å². The number of hydrogen-bond donors (Lipinski definition) is 2. The molecule has 1 fully saturated rings. The molecule has 30 heavy (non-hydrogen) atoms. The lowest BCUT2D eigenvalue weighted by Crippen LogP contribution is -2.42. The fourth-order valence-corrected chi connectivity index (χ4v) is 4.20. The van der Waals surface area contributed by atoms with Gasteiger partial charge >= 0.3 is 0 Å². The smallest absolute Gasteiger partial charge is 0.223 e. The predicted octanol–water partition coefficient (Wildman–Crippen LogP) is 3.56. The van der Waals surface area contributed by atoms with E-state index in [1.807, 2.05) is 25.1 Å². The van der Waals surface area contributed by atoms with Gasteiger partial charge in [0.05, 0.1) is 41.2 Å². The van der Waals surface area contributed by atoms with Crippen molar-refractivity contribution >= 4 is 28.5 Å². The van der Waals surface area contributed by atoms with Crippen LogP contribution >= 0.6 is 11.6 Å². The van der Waals surface area contributed by atoms with Crippen molar-refractivity contribution in [3.8, 4) is 11.3 Å². The van der Waals surface area contributed by atoms with Crippen molar-refractivity contribution in [3.05, 3.63) is 51.4 Å². The zero-order chi connectivity index (χ0) is 21.4. The molecule has 1 aliphatic rings. The first-order valence-corrected chi connectivity index (χ1v) is 10.4. The first-order valence-electron chi connectivity index (χ1n) is 10.1. The standard InChI is InChI=1S/C22H25ClN4O3/c1-12(2)27-13(3)8-19(28)15-5-4-14(9-18(15)27)21-16(23)10-24-22(26-21)25-17-6-7-30-11-20(17)29/h4-5,8-10,12,17,20,29H,6-7,11H2,1-3H3,(H,24,25,26)/t17-,20-/m1/s1. The van der Waals surface area contributed by atoms with Crippen LogP contribution in [0.25, 0.3) is 22.2 Å². The van der Waals surface area contributed by atoms with Crippen molar-refractivity contribution in [2.24, 2.45) is 0 Å². The Labute approximate surface area is 179 Å². The van der Waals surface area contributed by atoms with Crippen LogP contribution in [0.1, 0.15) is 32.0 Å². The number of ether oxygens (including phenoxy) is 1. The molecule has 0 saturated carbocycles. The highest BCUT2D eigenvalue weighted by Crippen LogP contribution is 2.30. The van der Waals surface area contributed by atoms with Crippen LogP contribution in [0.3, 0.4) is 0 Å². The van der Waals surface area contributed by atoms with E-state index < -0.39 is 6.10 Å². The van der Waals surface area contributed by atoms with Crippen molar-refractivity contribution < 1.29 is 9.84 Å². The summed E-state index contributed by atoms with van der Waals surface area (Å²) in [5.41, 5.74) is 3.11. The normalized spacial score (nSPS) is 19.4. The number of nitrogens with one attached hydrogen (secondary N) is 1. The number of rotatable bonds is 4. The largest absolute Gasteiger partial charge is 0.389 e. The first kappa shape index (κ1) is 20.8. The number of aliphatic hydroxyl groups excluding tert-OH is 1. The first-order chi connectivity index (χ1) is 14.3. The van der Waals surface area contributed by atoms with E-state index in [2.05, 4.69) is 33.7 Å². The van der Waals surface area contributed by atoms with E-state index >= 15 is 0 Å². The molecule has 2 atom stereocenters. The Morgan fingerprint density at radius 1 is 1.33 bits per heavy atom. The fourth-order valence-electron chi connectivity index (χ4n) is 4.00. The van der Waals surface area contributed by atoms with Crippen LogP contribution in [0.2, 0.25) is 5.02 Å². The van der Waals surface area contributed by atoms with E-state index in [1.165, 1.54) is 0 Å². The van der Waals surface area contributed by atoms with Crippen molar-refractivity contribution in [2.45, 2.75) is 45.4 Å². The molecule has 1 aliphatic heterocycles. The summed E-state index contributed by atoms with van der Waals surface area (Å²) in [6.07, 6.45) is 1.59. The third-order valence-corrected chi connectivity index (χ3v) is 5.69. The Balaban J connectivity index is 1.78. The van der Waals surface area contributed by atoms with Crippen molar-refractivity contribution in [3.63, 3.8) is 0 Å². The predicted molar refractivity (Wildman–Crippen MR) is 118 cm³/mol. The second-order valence-electron chi connectivity index (χ2n) is 7.92. The fraction of sp³-hybridized carbons (Fsp3) is 0.409. The molecule has 3 aromatic rings. The minimum atomic E-state index is -0.620. The summed E-state index contributed by atoms with van der Waals surface area (Å²) < 4.78 is 7.40. The van der Waals surface area contributed by atoms with Gasteiger partial charge in [-0.05, 0) is 39.3 Å². The average Bonchev–Trinajstić information content (AvgIpc) is 2.70. The van der Waals surface area contributed by atoms with E-state index in [1.54, 1.807) is 12.3 Å². The maximum Gasteiger partial charge on any atom is 0.223 e. The molecule has 3 heterocycles. The highest BCUT2D eigenvalue weighted by Gasteiger charge is 2.24. The number of anilines is 1. The van der Waals surface area contributed by atoms with Gasteiger partial charge in [-0.2, -0.15) is 0 Å². The third kappa shape index (κ3) is 3.93. The van der Waals surface area contributed by atoms with E-state index in [4.69, 9.17) is 16.3 Å². The van der Waals surface area contributed by atoms with Crippen LogP contribution in [0.5, 0.6) is 0 Å². The molecule has 1 aromatic carbocycles. The van der Waals surface area contributed by atoms with E-state index in [-0.39, 0.29) is 24.1 Å². The van der Waals surface area contributed by atoms with Crippen LogP contribution in [-0.2, 0) is 4.74 Å². The van der Waals surface area contributed by atoms with Crippen molar-refractivity contribution in [1.29, 1.82) is 0 Å². The average molecular weight is 429 g/mol. The number of aliphatic hydroxyl groups is 1. The summed E-state index contributed by atoms with van der Waals surface area (Å²) in [7, 11) is 0. The molecule has 8 heteroatoms. The van der Waals surface area contributed by atoms with Gasteiger partial charge < -0.3 is 19.7 Å². The molecule has 0 bridgehead atoms. The minimum absolute atomic E-state index is 0.00408. The summed E-state index contributed by atoms with van der Waals surface area (Å²) in [6.45, 7) is 6.97. The van der Waals surface area contributed by atoms with Crippen LogP contribution < -0.4 is 10.7 Å². The summed E-state index contributed by atoms with van der Waals surface area (Å²) in [5, 5.41) is 14.4. The minimum Gasteiger partial charge on any atom is -0.389 e. The molecule has 1 saturated heterocycles. The highest BCUT2D eigenvalue weighted by atomic mass is 35.5. The highest BCUT2D eigenvalue weighted by molar-refractivity contribution is 6.33. The molecule has 0 radical (unpaired) electrons. The van der Waals surface area contributed by atoms with Gasteiger partial charge in [0.15, 0.2) is 5.43 Å². The zero-order valence-corrected chi connectivity index (χ0v) is 18.0. The number of nitrogens with zero attached hydrogens (tertiary/aromatic N) is 3. The summed E-state index contributed by atoms with van der Waals surface area (Å²) in [5.74, 6) is 0.394. The van der Waals surface area contributed by atoms with Crippen molar-refractivity contribution in [1.82, 2.24) is 14.5 Å². The molecule has 2 N–H and O–H groups in total. The molecule has 0 amide bonds. The van der Waals surface area contributed by atoms with Gasteiger partial charge in [-0.25, -0.2) is 9.97 Å². The second-order valence-corrected chi connectivity index (χ2v) is 8.32. The van der Waals surface area contributed by atoms with Gasteiger partial charge in [0, 0.05) is 35.4 Å². The van der Waals surface area contributed by atoms with E-state index in [9.17, 15) is 9.90 Å². The number of aryl methyl sites for hydroxylation is 1. The molecule has 2 aromatic heterocycles. The molecule has 0 aliphatic carbocycles. The van der Waals surface area contributed by atoms with Gasteiger partial charge in [-0.1, -0.05) is 17.7 Å². The summed E-state index contributed by atoms with van der Waals surface area (Å²) >= 11 is 6.43. The molecule has 0 unspecified atom stereocenters. The Morgan fingerprint density at radius 2 is 2.13 bits per heavy atom. The second kappa shape index (κ2) is 8.34. The lowest BCUT2D eigenvalue weighted by molar-refractivity contribution is -0.0136. The van der Waals surface area contributed by atoms with Crippen LogP contribution in [0.15, 0.2) is 35.3 Å². The monoisotopic (exact) mass is 428 g/mol. The van der Waals surface area contributed by atoms with Crippen LogP contribution in [-0.4, -0.2) is 45.0 Å². The number of aromatic nitrogens is 3. The molecule has 158 valence electrons. The lowest BCUT2D eigenvalue weighted by Gasteiger charge is -2.28. The van der Waals surface area contributed by atoms with Gasteiger partial charge in [-0.3, -0.25) is 4.79 Å². The Morgan fingerprint density at radius 3 is 2.87 bits per heavy atom. The van der Waals surface area contributed by atoms with Gasteiger partial charge in [-0.15, -0.1) is 0 Å². The summed E-state index contributed by atoms with van der Waals surface area (Å²) in [4.78, 5) is 21.4. The Hall–Kier alpha value is -2.48. The van der Waals surface area contributed by atoms with E-state index in [0.717, 1.165) is 16.8 Å². The SMILES string of the molecule is Cc1cc(=O)c2ccc(-c3nc(N[C@@H]4CCOC[C@H]4O)ncc3Cl)cc2n1C(C)C. The Kier molecular flexibility index (Phi) is 5.77. The number of halogens is 1. The quantitative estimate of drug-likeness (QED) is 0.660. The van der Waals surface area contributed by atoms with Gasteiger partial charge in [0.2, 0.25) is 5.95 Å². The number of benzene rings is 1.